The van der Waals surface area contributed by atoms with Crippen LogP contribution in [0.4, 0.5) is 5.69 Å². The highest BCUT2D eigenvalue weighted by Gasteiger charge is 2.17. The summed E-state index contributed by atoms with van der Waals surface area (Å²) in [5.74, 6) is -0.0357. The normalized spacial score (nSPS) is 12.3. The Morgan fingerprint density at radius 2 is 1.80 bits per heavy atom. The van der Waals surface area contributed by atoms with Gasteiger partial charge in [-0.15, -0.1) is 0 Å². The molecule has 1 aromatic carbocycles. The molecule has 0 aromatic heterocycles. The van der Waals surface area contributed by atoms with Gasteiger partial charge in [0, 0.05) is 11.1 Å². The van der Waals surface area contributed by atoms with Gasteiger partial charge in [0.05, 0.1) is 10.7 Å². The van der Waals surface area contributed by atoms with Gasteiger partial charge in [-0.3, -0.25) is 4.79 Å². The van der Waals surface area contributed by atoms with E-state index in [0.29, 0.717) is 15.7 Å². The number of nitrogens with one attached hydrogen (secondary N) is 2. The lowest BCUT2D eigenvalue weighted by Gasteiger charge is -2.20. The van der Waals surface area contributed by atoms with Crippen LogP contribution in [0.25, 0.3) is 0 Å². The highest BCUT2D eigenvalue weighted by Crippen LogP contribution is 2.29. The molecule has 0 saturated heterocycles. The molecule has 0 aliphatic rings. The van der Waals surface area contributed by atoms with Crippen molar-refractivity contribution in [2.75, 3.05) is 5.32 Å². The summed E-state index contributed by atoms with van der Waals surface area (Å²) in [4.78, 5) is 12.1. The fourth-order valence-corrected chi connectivity index (χ4v) is 2.31. The van der Waals surface area contributed by atoms with Crippen LogP contribution < -0.4 is 10.6 Å². The molecule has 0 aliphatic carbocycles. The summed E-state index contributed by atoms with van der Waals surface area (Å²) in [6.07, 6.45) is 1.85. The molecule has 2 N–H and O–H groups in total. The molecule has 0 aliphatic heterocycles. The zero-order chi connectivity index (χ0) is 15.3. The summed E-state index contributed by atoms with van der Waals surface area (Å²) in [5, 5.41) is 7.30. The van der Waals surface area contributed by atoms with Gasteiger partial charge in [0.15, 0.2) is 0 Å². The molecule has 1 aromatic rings. The van der Waals surface area contributed by atoms with Gasteiger partial charge in [0.25, 0.3) is 0 Å². The third-order valence-corrected chi connectivity index (χ3v) is 4.07. The second-order valence-corrected chi connectivity index (χ2v) is 5.78. The Bertz CT molecular complexity index is 473. The summed E-state index contributed by atoms with van der Waals surface area (Å²) in [6, 6.07) is 3.38. The second-order valence-electron chi connectivity index (χ2n) is 4.97. The third kappa shape index (κ3) is 4.57. The Morgan fingerprint density at radius 1 is 1.20 bits per heavy atom. The Morgan fingerprint density at radius 3 is 2.35 bits per heavy atom. The van der Waals surface area contributed by atoms with E-state index in [9.17, 15) is 4.79 Å². The molecule has 0 spiro atoms. The lowest BCUT2D eigenvalue weighted by Crippen LogP contribution is -2.42. The molecule has 0 heterocycles. The topological polar surface area (TPSA) is 41.1 Å². The van der Waals surface area contributed by atoms with E-state index in [1.807, 2.05) is 13.8 Å². The standard InChI is InChI=1S/C15H22Cl2N2O/c1-5-11(6-2)19-15(20)10(4)18-14-8-12(16)9(3)7-13(14)17/h7-8,10-11,18H,5-6H2,1-4H3,(H,19,20). The summed E-state index contributed by atoms with van der Waals surface area (Å²) in [7, 11) is 0. The van der Waals surface area contributed by atoms with Crippen molar-refractivity contribution in [1.82, 2.24) is 5.32 Å². The Balaban J connectivity index is 2.73. The van der Waals surface area contributed by atoms with Gasteiger partial charge in [-0.05, 0) is 44.4 Å². The second kappa shape index (κ2) is 7.75. The number of carbonyl (C=O) groups is 1. The van der Waals surface area contributed by atoms with Crippen LogP contribution >= 0.6 is 23.2 Å². The Kier molecular flexibility index (Phi) is 6.63. The molecule has 20 heavy (non-hydrogen) atoms. The molecule has 3 nitrogen and oxygen atoms in total. The van der Waals surface area contributed by atoms with Crippen molar-refractivity contribution in [3.8, 4) is 0 Å². The van der Waals surface area contributed by atoms with Gasteiger partial charge in [0.2, 0.25) is 5.91 Å². The molecule has 0 fully saturated rings. The highest BCUT2D eigenvalue weighted by molar-refractivity contribution is 6.35. The zero-order valence-electron chi connectivity index (χ0n) is 12.4. The van der Waals surface area contributed by atoms with E-state index in [2.05, 4.69) is 24.5 Å². The Hall–Kier alpha value is -0.930. The predicted octanol–water partition coefficient (Wildman–Crippen LogP) is 4.41. The molecule has 0 saturated carbocycles. The third-order valence-electron chi connectivity index (χ3n) is 3.35. The van der Waals surface area contributed by atoms with Crippen LogP contribution in [0.2, 0.25) is 10.0 Å². The van der Waals surface area contributed by atoms with Crippen LogP contribution in [0.5, 0.6) is 0 Å². The molecule has 1 unspecified atom stereocenters. The quantitative estimate of drug-likeness (QED) is 0.816. The first-order valence-corrected chi connectivity index (χ1v) is 7.67. The molecule has 1 atom stereocenters. The number of anilines is 1. The van der Waals surface area contributed by atoms with E-state index in [0.717, 1.165) is 18.4 Å². The molecule has 0 bridgehead atoms. The average Bonchev–Trinajstić information content (AvgIpc) is 2.41. The molecular weight excluding hydrogens is 295 g/mol. The molecule has 1 rings (SSSR count). The van der Waals surface area contributed by atoms with Crippen molar-refractivity contribution < 1.29 is 4.79 Å². The number of aryl methyl sites for hydroxylation is 1. The van der Waals surface area contributed by atoms with Gasteiger partial charge in [-0.2, -0.15) is 0 Å². The minimum absolute atomic E-state index is 0.0357. The van der Waals surface area contributed by atoms with Gasteiger partial charge in [-0.25, -0.2) is 0 Å². The van der Waals surface area contributed by atoms with E-state index in [4.69, 9.17) is 23.2 Å². The van der Waals surface area contributed by atoms with Crippen molar-refractivity contribution in [2.45, 2.75) is 52.6 Å². The summed E-state index contributed by atoms with van der Waals surface area (Å²) < 4.78 is 0. The summed E-state index contributed by atoms with van der Waals surface area (Å²) >= 11 is 12.2. The fourth-order valence-electron chi connectivity index (χ4n) is 1.87. The predicted molar refractivity (Wildman–Crippen MR) is 86.8 cm³/mol. The van der Waals surface area contributed by atoms with E-state index >= 15 is 0 Å². The zero-order valence-corrected chi connectivity index (χ0v) is 13.9. The van der Waals surface area contributed by atoms with Crippen LogP contribution in [0, 0.1) is 6.92 Å². The maximum Gasteiger partial charge on any atom is 0.242 e. The van der Waals surface area contributed by atoms with Crippen LogP contribution in [-0.4, -0.2) is 18.0 Å². The summed E-state index contributed by atoms with van der Waals surface area (Å²) in [5.41, 5.74) is 1.59. The number of halogens is 2. The fraction of sp³-hybridized carbons (Fsp3) is 0.533. The van der Waals surface area contributed by atoms with E-state index in [1.165, 1.54) is 0 Å². The molecule has 0 radical (unpaired) electrons. The van der Waals surface area contributed by atoms with Crippen molar-refractivity contribution >= 4 is 34.8 Å². The molecule has 1 amide bonds. The van der Waals surface area contributed by atoms with Crippen molar-refractivity contribution in [1.29, 1.82) is 0 Å². The van der Waals surface area contributed by atoms with Gasteiger partial charge in [-0.1, -0.05) is 37.0 Å². The van der Waals surface area contributed by atoms with E-state index < -0.39 is 0 Å². The molecular formula is C15H22Cl2N2O. The van der Waals surface area contributed by atoms with E-state index in [-0.39, 0.29) is 18.0 Å². The van der Waals surface area contributed by atoms with Crippen molar-refractivity contribution in [3.63, 3.8) is 0 Å². The molecule has 112 valence electrons. The molecule has 5 heteroatoms. The lowest BCUT2D eigenvalue weighted by atomic mass is 10.1. The van der Waals surface area contributed by atoms with Gasteiger partial charge in [0.1, 0.15) is 6.04 Å². The van der Waals surface area contributed by atoms with Crippen LogP contribution in [0.15, 0.2) is 12.1 Å². The highest BCUT2D eigenvalue weighted by atomic mass is 35.5. The van der Waals surface area contributed by atoms with Crippen LogP contribution in [-0.2, 0) is 4.79 Å². The maximum atomic E-state index is 12.1. The van der Waals surface area contributed by atoms with E-state index in [1.54, 1.807) is 12.1 Å². The number of amides is 1. The number of benzene rings is 1. The minimum Gasteiger partial charge on any atom is -0.373 e. The number of rotatable bonds is 6. The van der Waals surface area contributed by atoms with Gasteiger partial charge >= 0.3 is 0 Å². The monoisotopic (exact) mass is 316 g/mol. The number of hydrogen-bond acceptors (Lipinski definition) is 2. The maximum absolute atomic E-state index is 12.1. The number of hydrogen-bond donors (Lipinski definition) is 2. The van der Waals surface area contributed by atoms with Crippen LogP contribution in [0.3, 0.4) is 0 Å². The first-order valence-electron chi connectivity index (χ1n) is 6.91. The van der Waals surface area contributed by atoms with Gasteiger partial charge < -0.3 is 10.6 Å². The number of carbonyl (C=O) groups excluding carboxylic acids is 1. The minimum atomic E-state index is -0.369. The summed E-state index contributed by atoms with van der Waals surface area (Å²) in [6.45, 7) is 7.81. The van der Waals surface area contributed by atoms with Crippen molar-refractivity contribution in [2.24, 2.45) is 0 Å². The van der Waals surface area contributed by atoms with Crippen LogP contribution in [0.1, 0.15) is 39.2 Å². The average molecular weight is 317 g/mol. The van der Waals surface area contributed by atoms with Crippen molar-refractivity contribution in [3.05, 3.63) is 27.7 Å². The lowest BCUT2D eigenvalue weighted by molar-refractivity contribution is -0.122. The SMILES string of the molecule is CCC(CC)NC(=O)C(C)Nc1cc(Cl)c(C)cc1Cl. The first kappa shape index (κ1) is 17.1. The largest absolute Gasteiger partial charge is 0.373 e. The smallest absolute Gasteiger partial charge is 0.242 e. The Labute approximate surface area is 131 Å². The first-order chi connectivity index (χ1) is 9.38.